The summed E-state index contributed by atoms with van der Waals surface area (Å²) >= 11 is 0. The van der Waals surface area contributed by atoms with Gasteiger partial charge in [0.15, 0.2) is 0 Å². The van der Waals surface area contributed by atoms with Crippen LogP contribution in [0.2, 0.25) is 0 Å². The number of pyridine rings is 1. The topological polar surface area (TPSA) is 48.6 Å². The molecule has 2 aliphatic heterocycles. The molecule has 0 atom stereocenters. The molecular weight excluding hydrogens is 262 g/mol. The fourth-order valence-electron chi connectivity index (χ4n) is 3.34. The molecule has 1 aromatic rings. The molecule has 116 valence electrons. The fourth-order valence-corrected chi connectivity index (χ4v) is 3.34. The molecule has 3 heterocycles. The monoisotopic (exact) mass is 289 g/mol. The van der Waals surface area contributed by atoms with Gasteiger partial charge in [-0.2, -0.15) is 0 Å². The molecule has 0 amide bonds. The number of hydrogen-bond donors (Lipinski definition) is 1. The van der Waals surface area contributed by atoms with E-state index < -0.39 is 0 Å². The molecule has 2 N–H and O–H groups in total. The first-order chi connectivity index (χ1) is 10.3. The van der Waals surface area contributed by atoms with Gasteiger partial charge in [-0.25, -0.2) is 4.98 Å². The zero-order chi connectivity index (χ0) is 14.5. The third-order valence-corrected chi connectivity index (χ3v) is 4.66. The molecule has 0 aromatic carbocycles. The minimum Gasteiger partial charge on any atom is -0.384 e. The molecule has 5 nitrogen and oxygen atoms in total. The summed E-state index contributed by atoms with van der Waals surface area (Å²) in [4.78, 5) is 11.8. The van der Waals surface area contributed by atoms with E-state index in [1.807, 2.05) is 12.3 Å². The number of likely N-dealkylation sites (tertiary alicyclic amines) is 1. The van der Waals surface area contributed by atoms with E-state index in [0.717, 1.165) is 26.2 Å². The molecular formula is C16H27N5. The summed E-state index contributed by atoms with van der Waals surface area (Å²) in [7, 11) is 0. The summed E-state index contributed by atoms with van der Waals surface area (Å²) in [6, 6.07) is 3.96. The number of nitrogen functional groups attached to an aromatic ring is 1. The Kier molecular flexibility index (Phi) is 4.93. The molecule has 2 aliphatic rings. The average molecular weight is 289 g/mol. The molecule has 0 radical (unpaired) electrons. The van der Waals surface area contributed by atoms with Crippen LogP contribution in [-0.4, -0.2) is 67.1 Å². The zero-order valence-electron chi connectivity index (χ0n) is 12.9. The first-order valence-corrected chi connectivity index (χ1v) is 8.22. The van der Waals surface area contributed by atoms with Crippen molar-refractivity contribution < 1.29 is 0 Å². The van der Waals surface area contributed by atoms with Crippen LogP contribution in [0.15, 0.2) is 18.3 Å². The van der Waals surface area contributed by atoms with Gasteiger partial charge < -0.3 is 15.5 Å². The van der Waals surface area contributed by atoms with Crippen LogP contribution in [0.5, 0.6) is 0 Å². The smallest absolute Gasteiger partial charge is 0.123 e. The number of nitrogens with two attached hydrogens (primary N) is 1. The summed E-state index contributed by atoms with van der Waals surface area (Å²) in [5.41, 5.74) is 6.84. The van der Waals surface area contributed by atoms with Gasteiger partial charge in [0.05, 0.1) is 11.9 Å². The van der Waals surface area contributed by atoms with Gasteiger partial charge in [-0.1, -0.05) is 0 Å². The van der Waals surface area contributed by atoms with E-state index in [1.54, 1.807) is 0 Å². The van der Waals surface area contributed by atoms with Crippen molar-refractivity contribution in [1.82, 2.24) is 14.8 Å². The maximum Gasteiger partial charge on any atom is 0.123 e. The average Bonchev–Trinajstić information content (AvgIpc) is 3.02. The predicted octanol–water partition coefficient (Wildman–Crippen LogP) is 1.27. The lowest BCUT2D eigenvalue weighted by Crippen LogP contribution is -2.47. The van der Waals surface area contributed by atoms with Crippen LogP contribution < -0.4 is 10.6 Å². The summed E-state index contributed by atoms with van der Waals surface area (Å²) in [5.74, 6) is 0.597. The molecule has 0 bridgehead atoms. The van der Waals surface area contributed by atoms with Gasteiger partial charge in [-0.05, 0) is 57.6 Å². The van der Waals surface area contributed by atoms with E-state index in [0.29, 0.717) is 5.82 Å². The Labute approximate surface area is 127 Å². The minimum atomic E-state index is 0.597. The van der Waals surface area contributed by atoms with Crippen molar-refractivity contribution in [1.29, 1.82) is 0 Å². The second-order valence-corrected chi connectivity index (χ2v) is 6.17. The molecule has 0 unspecified atom stereocenters. The molecule has 0 aliphatic carbocycles. The number of aromatic nitrogens is 1. The van der Waals surface area contributed by atoms with Crippen LogP contribution in [0.1, 0.15) is 19.3 Å². The molecule has 2 fully saturated rings. The number of nitrogens with zero attached hydrogens (tertiary/aromatic N) is 4. The second kappa shape index (κ2) is 7.09. The maximum atomic E-state index is 5.64. The van der Waals surface area contributed by atoms with Gasteiger partial charge in [0.25, 0.3) is 0 Å². The standard InChI is InChI=1S/C16H27N5/c17-16-5-4-15(14-18-16)21-12-10-20(11-13-21)9-3-8-19-6-1-2-7-19/h4-5,14H,1-3,6-13H2,(H2,17,18). The predicted molar refractivity (Wildman–Crippen MR) is 87.6 cm³/mol. The highest BCUT2D eigenvalue weighted by atomic mass is 15.3. The molecule has 1 aromatic heterocycles. The van der Waals surface area contributed by atoms with Crippen molar-refractivity contribution in [2.75, 3.05) is 63.0 Å². The lowest BCUT2D eigenvalue weighted by atomic mass is 10.2. The van der Waals surface area contributed by atoms with Crippen LogP contribution in [0.4, 0.5) is 11.5 Å². The molecule has 3 rings (SSSR count). The van der Waals surface area contributed by atoms with Gasteiger partial charge in [-0.3, -0.25) is 4.90 Å². The van der Waals surface area contributed by atoms with Crippen LogP contribution >= 0.6 is 0 Å². The highest BCUT2D eigenvalue weighted by Gasteiger charge is 2.17. The van der Waals surface area contributed by atoms with Crippen LogP contribution in [-0.2, 0) is 0 Å². The first-order valence-electron chi connectivity index (χ1n) is 8.22. The first kappa shape index (κ1) is 14.6. The number of anilines is 2. The van der Waals surface area contributed by atoms with E-state index in [2.05, 4.69) is 25.8 Å². The Morgan fingerprint density at radius 2 is 1.57 bits per heavy atom. The van der Waals surface area contributed by atoms with Crippen molar-refractivity contribution in [2.45, 2.75) is 19.3 Å². The normalized spacial score (nSPS) is 21.0. The van der Waals surface area contributed by atoms with E-state index in [1.165, 1.54) is 51.1 Å². The van der Waals surface area contributed by atoms with Crippen LogP contribution in [0, 0.1) is 0 Å². The second-order valence-electron chi connectivity index (χ2n) is 6.17. The molecule has 0 saturated carbocycles. The minimum absolute atomic E-state index is 0.597. The highest BCUT2D eigenvalue weighted by molar-refractivity contribution is 5.48. The quantitative estimate of drug-likeness (QED) is 0.884. The Balaban J connectivity index is 1.37. The highest BCUT2D eigenvalue weighted by Crippen LogP contribution is 2.16. The van der Waals surface area contributed by atoms with E-state index in [9.17, 15) is 0 Å². The van der Waals surface area contributed by atoms with Crippen molar-refractivity contribution >= 4 is 11.5 Å². The third kappa shape index (κ3) is 4.08. The van der Waals surface area contributed by atoms with Crippen LogP contribution in [0.25, 0.3) is 0 Å². The fraction of sp³-hybridized carbons (Fsp3) is 0.688. The molecule has 5 heteroatoms. The lowest BCUT2D eigenvalue weighted by Gasteiger charge is -2.36. The summed E-state index contributed by atoms with van der Waals surface area (Å²) < 4.78 is 0. The summed E-state index contributed by atoms with van der Waals surface area (Å²) in [5, 5.41) is 0. The number of hydrogen-bond acceptors (Lipinski definition) is 5. The SMILES string of the molecule is Nc1ccc(N2CCN(CCCN3CCCC3)CC2)cn1. The number of rotatable bonds is 5. The van der Waals surface area contributed by atoms with E-state index >= 15 is 0 Å². The Morgan fingerprint density at radius 1 is 0.905 bits per heavy atom. The molecule has 21 heavy (non-hydrogen) atoms. The van der Waals surface area contributed by atoms with Gasteiger partial charge in [-0.15, -0.1) is 0 Å². The third-order valence-electron chi connectivity index (χ3n) is 4.66. The van der Waals surface area contributed by atoms with Gasteiger partial charge in [0.2, 0.25) is 0 Å². The van der Waals surface area contributed by atoms with Crippen molar-refractivity contribution in [2.24, 2.45) is 0 Å². The van der Waals surface area contributed by atoms with E-state index in [-0.39, 0.29) is 0 Å². The van der Waals surface area contributed by atoms with Gasteiger partial charge in [0.1, 0.15) is 5.82 Å². The van der Waals surface area contributed by atoms with Gasteiger partial charge >= 0.3 is 0 Å². The molecule has 2 saturated heterocycles. The summed E-state index contributed by atoms with van der Waals surface area (Å²) in [6.07, 6.45) is 5.99. The molecule has 0 spiro atoms. The Morgan fingerprint density at radius 3 is 2.19 bits per heavy atom. The van der Waals surface area contributed by atoms with E-state index in [4.69, 9.17) is 5.73 Å². The van der Waals surface area contributed by atoms with Crippen molar-refractivity contribution in [3.05, 3.63) is 18.3 Å². The van der Waals surface area contributed by atoms with Crippen molar-refractivity contribution in [3.63, 3.8) is 0 Å². The number of piperazine rings is 1. The summed E-state index contributed by atoms with van der Waals surface area (Å²) in [6.45, 7) is 9.65. The zero-order valence-corrected chi connectivity index (χ0v) is 12.9. The van der Waals surface area contributed by atoms with Crippen molar-refractivity contribution in [3.8, 4) is 0 Å². The van der Waals surface area contributed by atoms with Gasteiger partial charge in [0, 0.05) is 26.2 Å². The Bertz CT molecular complexity index is 419. The van der Waals surface area contributed by atoms with Crippen LogP contribution in [0.3, 0.4) is 0 Å². The Hall–Kier alpha value is -1.33. The largest absolute Gasteiger partial charge is 0.384 e. The maximum absolute atomic E-state index is 5.64. The lowest BCUT2D eigenvalue weighted by molar-refractivity contribution is 0.234.